The fraction of sp³-hybridized carbons (Fsp3) is 0.118. The van der Waals surface area contributed by atoms with E-state index in [1.165, 1.54) is 0 Å². The van der Waals surface area contributed by atoms with Gasteiger partial charge in [-0.3, -0.25) is 4.98 Å². The Labute approximate surface area is 140 Å². The number of pyridine rings is 1. The van der Waals surface area contributed by atoms with Crippen LogP contribution in [-0.2, 0) is 13.1 Å². The second kappa shape index (κ2) is 7.99. The van der Waals surface area contributed by atoms with Crippen molar-refractivity contribution in [1.29, 1.82) is 0 Å². The van der Waals surface area contributed by atoms with E-state index < -0.39 is 0 Å². The Bertz CT molecular complexity index is 696. The van der Waals surface area contributed by atoms with Crippen LogP contribution in [0.5, 0.6) is 0 Å². The average molecular weight is 335 g/mol. The van der Waals surface area contributed by atoms with Gasteiger partial charge in [-0.1, -0.05) is 17.7 Å². The van der Waals surface area contributed by atoms with Gasteiger partial charge in [-0.05, 0) is 48.5 Å². The molecule has 0 saturated carbocycles. The van der Waals surface area contributed by atoms with Crippen molar-refractivity contribution in [3.8, 4) is 11.3 Å². The molecule has 3 nitrogen and oxygen atoms in total. The van der Waals surface area contributed by atoms with Crippen LogP contribution in [0.1, 0.15) is 11.5 Å². The number of aromatic nitrogens is 1. The van der Waals surface area contributed by atoms with E-state index in [2.05, 4.69) is 10.3 Å². The number of hydrogen-bond donors (Lipinski definition) is 1. The van der Waals surface area contributed by atoms with Gasteiger partial charge in [0.25, 0.3) is 0 Å². The van der Waals surface area contributed by atoms with Gasteiger partial charge in [-0.25, -0.2) is 0 Å². The van der Waals surface area contributed by atoms with Gasteiger partial charge in [0.1, 0.15) is 11.5 Å². The highest BCUT2D eigenvalue weighted by Crippen LogP contribution is 2.23. The molecule has 0 saturated heterocycles. The zero-order chi connectivity index (χ0) is 14.5. The van der Waals surface area contributed by atoms with Crippen LogP contribution in [0.25, 0.3) is 11.3 Å². The summed E-state index contributed by atoms with van der Waals surface area (Å²) >= 11 is 5.88. The first-order valence-electron chi connectivity index (χ1n) is 6.76. The first-order chi connectivity index (χ1) is 10.3. The molecular weight excluding hydrogens is 319 g/mol. The summed E-state index contributed by atoms with van der Waals surface area (Å²) < 4.78 is 5.82. The number of rotatable bonds is 5. The highest BCUT2D eigenvalue weighted by molar-refractivity contribution is 6.30. The normalized spacial score (nSPS) is 10.2. The number of halogens is 2. The van der Waals surface area contributed by atoms with E-state index in [1.54, 1.807) is 6.20 Å². The number of nitrogens with zero attached hydrogens (tertiary/aromatic N) is 1. The topological polar surface area (TPSA) is 38.1 Å². The van der Waals surface area contributed by atoms with Crippen molar-refractivity contribution in [1.82, 2.24) is 10.3 Å². The first kappa shape index (κ1) is 16.6. The summed E-state index contributed by atoms with van der Waals surface area (Å²) in [6, 6.07) is 17.5. The third-order valence-electron chi connectivity index (χ3n) is 3.12. The Morgan fingerprint density at radius 3 is 2.50 bits per heavy atom. The van der Waals surface area contributed by atoms with Crippen LogP contribution in [0.3, 0.4) is 0 Å². The summed E-state index contributed by atoms with van der Waals surface area (Å²) in [5.74, 6) is 1.75. The second-order valence-electron chi connectivity index (χ2n) is 4.70. The fourth-order valence-electron chi connectivity index (χ4n) is 2.06. The van der Waals surface area contributed by atoms with Crippen LogP contribution < -0.4 is 5.32 Å². The highest BCUT2D eigenvalue weighted by Gasteiger charge is 2.04. The lowest BCUT2D eigenvalue weighted by Gasteiger charge is -2.02. The van der Waals surface area contributed by atoms with Gasteiger partial charge in [-0.2, -0.15) is 0 Å². The number of benzene rings is 1. The Kier molecular flexibility index (Phi) is 6.01. The lowest BCUT2D eigenvalue weighted by molar-refractivity contribution is 0.492. The Balaban J connectivity index is 0.00000176. The van der Waals surface area contributed by atoms with Crippen LogP contribution in [0.2, 0.25) is 5.02 Å². The summed E-state index contributed by atoms with van der Waals surface area (Å²) in [4.78, 5) is 4.27. The molecule has 22 heavy (non-hydrogen) atoms. The third kappa shape index (κ3) is 4.34. The van der Waals surface area contributed by atoms with Crippen molar-refractivity contribution in [3.05, 3.63) is 77.3 Å². The number of hydrogen-bond acceptors (Lipinski definition) is 3. The van der Waals surface area contributed by atoms with E-state index >= 15 is 0 Å². The molecule has 0 amide bonds. The second-order valence-corrected chi connectivity index (χ2v) is 5.13. The molecule has 1 aromatic carbocycles. The number of nitrogens with one attached hydrogen (secondary N) is 1. The summed E-state index contributed by atoms with van der Waals surface area (Å²) in [6.45, 7) is 1.39. The molecule has 0 aliphatic carbocycles. The quantitative estimate of drug-likeness (QED) is 0.734. The molecule has 0 aliphatic heterocycles. The maximum atomic E-state index is 5.88. The molecule has 5 heteroatoms. The van der Waals surface area contributed by atoms with E-state index in [4.69, 9.17) is 16.0 Å². The van der Waals surface area contributed by atoms with Gasteiger partial charge in [0, 0.05) is 23.3 Å². The number of furan rings is 1. The molecule has 0 fully saturated rings. The molecule has 0 atom stereocenters. The van der Waals surface area contributed by atoms with Crippen molar-refractivity contribution >= 4 is 24.0 Å². The monoisotopic (exact) mass is 334 g/mol. The Morgan fingerprint density at radius 2 is 1.77 bits per heavy atom. The van der Waals surface area contributed by atoms with E-state index in [1.807, 2.05) is 54.6 Å². The smallest absolute Gasteiger partial charge is 0.134 e. The molecular formula is C17H16Cl2N2O. The van der Waals surface area contributed by atoms with E-state index in [0.29, 0.717) is 6.54 Å². The van der Waals surface area contributed by atoms with Crippen molar-refractivity contribution in [2.45, 2.75) is 13.1 Å². The lowest BCUT2D eigenvalue weighted by atomic mass is 10.2. The summed E-state index contributed by atoms with van der Waals surface area (Å²) in [6.07, 6.45) is 1.79. The molecule has 2 heterocycles. The summed E-state index contributed by atoms with van der Waals surface area (Å²) in [7, 11) is 0. The predicted molar refractivity (Wildman–Crippen MR) is 91.2 cm³/mol. The van der Waals surface area contributed by atoms with Gasteiger partial charge in [-0.15, -0.1) is 12.4 Å². The van der Waals surface area contributed by atoms with Gasteiger partial charge < -0.3 is 9.73 Å². The van der Waals surface area contributed by atoms with Crippen LogP contribution >= 0.6 is 24.0 Å². The summed E-state index contributed by atoms with van der Waals surface area (Å²) in [5.41, 5.74) is 2.04. The summed E-state index contributed by atoms with van der Waals surface area (Å²) in [5, 5.41) is 4.04. The zero-order valence-electron chi connectivity index (χ0n) is 11.8. The largest absolute Gasteiger partial charge is 0.460 e. The lowest BCUT2D eigenvalue weighted by Crippen LogP contribution is -2.12. The highest BCUT2D eigenvalue weighted by atomic mass is 35.5. The first-order valence-corrected chi connectivity index (χ1v) is 7.14. The van der Waals surface area contributed by atoms with Crippen LogP contribution in [0.4, 0.5) is 0 Å². The molecule has 3 rings (SSSR count). The standard InChI is InChI=1S/C17H15ClN2O.ClH/c18-14-6-4-13(5-7-14)17-9-8-16(21-17)12-19-11-15-3-1-2-10-20-15;/h1-10,19H,11-12H2;1H. The predicted octanol–water partition coefficient (Wildman–Crippen LogP) is 4.71. The minimum atomic E-state index is 0. The van der Waals surface area contributed by atoms with Crippen molar-refractivity contribution in [2.75, 3.05) is 0 Å². The maximum absolute atomic E-state index is 5.88. The molecule has 0 unspecified atom stereocenters. The molecule has 1 N–H and O–H groups in total. The molecule has 3 aromatic rings. The van der Waals surface area contributed by atoms with Crippen LogP contribution in [-0.4, -0.2) is 4.98 Å². The van der Waals surface area contributed by atoms with Gasteiger partial charge >= 0.3 is 0 Å². The Hall–Kier alpha value is -1.81. The third-order valence-corrected chi connectivity index (χ3v) is 3.37. The average Bonchev–Trinajstić information content (AvgIpc) is 2.98. The van der Waals surface area contributed by atoms with Crippen LogP contribution in [0, 0.1) is 0 Å². The van der Waals surface area contributed by atoms with Crippen molar-refractivity contribution in [3.63, 3.8) is 0 Å². The minimum Gasteiger partial charge on any atom is -0.460 e. The molecule has 2 aromatic heterocycles. The molecule has 0 aliphatic rings. The molecule has 0 spiro atoms. The fourth-order valence-corrected chi connectivity index (χ4v) is 2.18. The van der Waals surface area contributed by atoms with Gasteiger partial charge in [0.05, 0.1) is 12.2 Å². The molecule has 0 radical (unpaired) electrons. The van der Waals surface area contributed by atoms with E-state index in [0.717, 1.165) is 34.3 Å². The molecule has 114 valence electrons. The molecule has 0 bridgehead atoms. The SMILES string of the molecule is Cl.Clc1ccc(-c2ccc(CNCc3ccccn3)o2)cc1. The zero-order valence-corrected chi connectivity index (χ0v) is 13.4. The Morgan fingerprint density at radius 1 is 0.955 bits per heavy atom. The van der Waals surface area contributed by atoms with Crippen molar-refractivity contribution in [2.24, 2.45) is 0 Å². The maximum Gasteiger partial charge on any atom is 0.134 e. The minimum absolute atomic E-state index is 0. The van der Waals surface area contributed by atoms with Crippen molar-refractivity contribution < 1.29 is 4.42 Å². The van der Waals surface area contributed by atoms with E-state index in [-0.39, 0.29) is 12.4 Å². The van der Waals surface area contributed by atoms with Gasteiger partial charge in [0.15, 0.2) is 0 Å². The van der Waals surface area contributed by atoms with Crippen LogP contribution in [0.15, 0.2) is 65.2 Å². The van der Waals surface area contributed by atoms with Gasteiger partial charge in [0.2, 0.25) is 0 Å². The van der Waals surface area contributed by atoms with E-state index in [9.17, 15) is 0 Å².